The Bertz CT molecular complexity index is 1040. The van der Waals surface area contributed by atoms with Crippen molar-refractivity contribution in [2.45, 2.75) is 31.8 Å². The zero-order valence-electron chi connectivity index (χ0n) is 17.2. The fourth-order valence-corrected chi connectivity index (χ4v) is 4.75. The van der Waals surface area contributed by atoms with Crippen molar-refractivity contribution in [3.05, 3.63) is 113 Å². The highest BCUT2D eigenvalue weighted by molar-refractivity contribution is 6.17. The maximum Gasteiger partial charge on any atom is 0.189 e. The number of aryl methyl sites for hydroxylation is 1. The third-order valence-corrected chi connectivity index (χ3v) is 6.20. The van der Waals surface area contributed by atoms with Gasteiger partial charge in [-0.3, -0.25) is 4.79 Å². The highest BCUT2D eigenvalue weighted by Crippen LogP contribution is 2.44. The van der Waals surface area contributed by atoms with E-state index in [0.717, 1.165) is 35.1 Å². The molecule has 0 saturated carbocycles. The van der Waals surface area contributed by atoms with Crippen LogP contribution in [0.15, 0.2) is 96.1 Å². The Hall–Kier alpha value is -3.39. The molecule has 0 aliphatic carbocycles. The summed E-state index contributed by atoms with van der Waals surface area (Å²) in [6, 6.07) is 29.3. The molecule has 0 spiro atoms. The molecule has 148 valence electrons. The minimum atomic E-state index is 0.123. The lowest BCUT2D eigenvalue weighted by Gasteiger charge is -2.39. The molecular formula is C28H25NO. The third kappa shape index (κ3) is 3.39. The molecule has 2 aliphatic rings. The van der Waals surface area contributed by atoms with Crippen LogP contribution < -0.4 is 4.90 Å². The molecule has 0 radical (unpaired) electrons. The van der Waals surface area contributed by atoms with Gasteiger partial charge in [-0.1, -0.05) is 78.4 Å². The van der Waals surface area contributed by atoms with Crippen molar-refractivity contribution in [1.29, 1.82) is 0 Å². The summed E-state index contributed by atoms with van der Waals surface area (Å²) < 4.78 is 0. The van der Waals surface area contributed by atoms with Gasteiger partial charge in [0, 0.05) is 16.8 Å². The number of nitrogens with zero attached hydrogens (tertiary/aromatic N) is 1. The number of Topliss-reactive ketones (excluding diaryl/α,β-unsaturated/α-hetero) is 1. The van der Waals surface area contributed by atoms with Crippen molar-refractivity contribution in [2.24, 2.45) is 0 Å². The van der Waals surface area contributed by atoms with Crippen molar-refractivity contribution < 1.29 is 4.79 Å². The van der Waals surface area contributed by atoms with Gasteiger partial charge < -0.3 is 4.90 Å². The normalized spacial score (nSPS) is 23.4. The van der Waals surface area contributed by atoms with E-state index < -0.39 is 0 Å². The minimum Gasteiger partial charge on any atom is -0.357 e. The van der Waals surface area contributed by atoms with Gasteiger partial charge in [-0.05, 0) is 55.2 Å². The van der Waals surface area contributed by atoms with Crippen LogP contribution in [0.2, 0.25) is 0 Å². The lowest BCUT2D eigenvalue weighted by atomic mass is 9.87. The Morgan fingerprint density at radius 2 is 1.17 bits per heavy atom. The number of hydrogen-bond donors (Lipinski definition) is 0. The highest BCUT2D eigenvalue weighted by Gasteiger charge is 2.46. The Labute approximate surface area is 178 Å². The van der Waals surface area contributed by atoms with Crippen LogP contribution in [-0.4, -0.2) is 17.9 Å². The molecule has 0 aromatic heterocycles. The number of carbonyl (C=O) groups excluding carboxylic acids is 1. The van der Waals surface area contributed by atoms with E-state index >= 15 is 0 Å². The first kappa shape index (κ1) is 18.6. The zero-order chi connectivity index (χ0) is 20.5. The summed E-state index contributed by atoms with van der Waals surface area (Å²) in [5.41, 5.74) is 6.40. The first-order valence-electron chi connectivity index (χ1n) is 10.6. The van der Waals surface area contributed by atoms with Crippen LogP contribution in [0.4, 0.5) is 5.69 Å². The fraction of sp³-hybridized carbons (Fsp3) is 0.179. The number of benzene rings is 3. The summed E-state index contributed by atoms with van der Waals surface area (Å²) in [5, 5.41) is 0. The summed E-state index contributed by atoms with van der Waals surface area (Å²) in [4.78, 5) is 16.1. The smallest absolute Gasteiger partial charge is 0.189 e. The molecule has 0 amide bonds. The van der Waals surface area contributed by atoms with Crippen molar-refractivity contribution in [3.8, 4) is 0 Å². The van der Waals surface area contributed by atoms with E-state index in [1.165, 1.54) is 11.3 Å². The van der Waals surface area contributed by atoms with Crippen LogP contribution >= 0.6 is 0 Å². The van der Waals surface area contributed by atoms with Gasteiger partial charge in [0.15, 0.2) is 5.78 Å². The van der Waals surface area contributed by atoms with E-state index in [-0.39, 0.29) is 17.9 Å². The van der Waals surface area contributed by atoms with E-state index in [2.05, 4.69) is 72.5 Å². The van der Waals surface area contributed by atoms with E-state index in [9.17, 15) is 4.79 Å². The zero-order valence-corrected chi connectivity index (χ0v) is 17.2. The fourth-order valence-electron chi connectivity index (χ4n) is 4.75. The van der Waals surface area contributed by atoms with Gasteiger partial charge in [-0.2, -0.15) is 0 Å². The van der Waals surface area contributed by atoms with Gasteiger partial charge in [0.2, 0.25) is 0 Å². The SMILES string of the molecule is Cc1ccc(N2[C@@H]3CC[C@H]2/C(=C\c2ccccc2)C(=O)C3=Cc2ccccc2)cc1. The van der Waals surface area contributed by atoms with Gasteiger partial charge in [0.1, 0.15) is 0 Å². The molecule has 2 heteroatoms. The van der Waals surface area contributed by atoms with E-state index in [1.54, 1.807) is 0 Å². The van der Waals surface area contributed by atoms with Crippen LogP contribution in [0, 0.1) is 6.92 Å². The van der Waals surface area contributed by atoms with Crippen molar-refractivity contribution in [3.63, 3.8) is 0 Å². The van der Waals surface area contributed by atoms with Crippen molar-refractivity contribution >= 4 is 23.6 Å². The number of ketones is 1. The van der Waals surface area contributed by atoms with Crippen LogP contribution in [0.1, 0.15) is 29.5 Å². The average molecular weight is 392 g/mol. The predicted molar refractivity (Wildman–Crippen MR) is 124 cm³/mol. The van der Waals surface area contributed by atoms with Crippen molar-refractivity contribution in [1.82, 2.24) is 0 Å². The molecule has 3 aromatic carbocycles. The molecule has 2 heterocycles. The summed E-state index contributed by atoms with van der Waals surface area (Å²) in [6.07, 6.45) is 6.17. The molecule has 0 unspecified atom stereocenters. The minimum absolute atomic E-state index is 0.123. The lowest BCUT2D eigenvalue weighted by molar-refractivity contribution is -0.112. The monoisotopic (exact) mass is 391 g/mol. The maximum atomic E-state index is 13.7. The van der Waals surface area contributed by atoms with E-state index in [0.29, 0.717) is 0 Å². The molecule has 2 bridgehead atoms. The molecule has 30 heavy (non-hydrogen) atoms. The molecule has 2 nitrogen and oxygen atoms in total. The van der Waals surface area contributed by atoms with Gasteiger partial charge >= 0.3 is 0 Å². The van der Waals surface area contributed by atoms with Crippen LogP contribution in [0.25, 0.3) is 12.2 Å². The molecule has 2 atom stereocenters. The first-order valence-corrected chi connectivity index (χ1v) is 10.6. The lowest BCUT2D eigenvalue weighted by Crippen LogP contribution is -2.46. The van der Waals surface area contributed by atoms with Crippen molar-refractivity contribution in [2.75, 3.05) is 4.90 Å². The van der Waals surface area contributed by atoms with Gasteiger partial charge in [-0.25, -0.2) is 0 Å². The second-order valence-corrected chi connectivity index (χ2v) is 8.20. The van der Waals surface area contributed by atoms with Gasteiger partial charge in [0.25, 0.3) is 0 Å². The Balaban J connectivity index is 1.65. The molecular weight excluding hydrogens is 366 g/mol. The summed E-state index contributed by atoms with van der Waals surface area (Å²) in [7, 11) is 0. The van der Waals surface area contributed by atoms with Crippen LogP contribution in [-0.2, 0) is 4.79 Å². The quantitative estimate of drug-likeness (QED) is 0.504. The second-order valence-electron chi connectivity index (χ2n) is 8.20. The molecule has 3 aromatic rings. The molecule has 2 aliphatic heterocycles. The number of rotatable bonds is 3. The predicted octanol–water partition coefficient (Wildman–Crippen LogP) is 6.08. The number of carbonyl (C=O) groups is 1. The summed E-state index contributed by atoms with van der Waals surface area (Å²) >= 11 is 0. The number of fused-ring (bicyclic) bond motifs is 2. The standard InChI is InChI=1S/C28H25NO/c1-20-12-14-23(15-13-20)29-26-16-17-27(29)25(19-22-10-6-3-7-11-22)28(30)24(26)18-21-8-4-2-5-9-21/h2-15,18-19,26-27H,16-17H2,1H3/b24-18+,25-19?/t26-,27+/m0/s1. The molecule has 5 rings (SSSR count). The molecule has 2 saturated heterocycles. The Kier molecular flexibility index (Phi) is 4.84. The maximum absolute atomic E-state index is 13.7. The summed E-state index contributed by atoms with van der Waals surface area (Å²) in [5.74, 6) is 0.193. The van der Waals surface area contributed by atoms with Crippen LogP contribution in [0.5, 0.6) is 0 Å². The number of hydrogen-bond acceptors (Lipinski definition) is 2. The average Bonchev–Trinajstić information content (AvgIpc) is 3.16. The highest BCUT2D eigenvalue weighted by atomic mass is 16.1. The second kappa shape index (κ2) is 7.79. The third-order valence-electron chi connectivity index (χ3n) is 6.20. The topological polar surface area (TPSA) is 20.3 Å². The number of anilines is 1. The Morgan fingerprint density at radius 3 is 1.63 bits per heavy atom. The first-order chi connectivity index (χ1) is 14.7. The van der Waals surface area contributed by atoms with E-state index in [1.807, 2.05) is 36.4 Å². The Morgan fingerprint density at radius 1 is 0.700 bits per heavy atom. The number of piperidine rings is 1. The van der Waals surface area contributed by atoms with Crippen LogP contribution in [0.3, 0.4) is 0 Å². The summed E-state index contributed by atoms with van der Waals surface area (Å²) in [6.45, 7) is 2.11. The molecule has 0 N–H and O–H groups in total. The molecule has 2 fully saturated rings. The van der Waals surface area contributed by atoms with E-state index in [4.69, 9.17) is 0 Å². The van der Waals surface area contributed by atoms with Gasteiger partial charge in [-0.15, -0.1) is 0 Å². The van der Waals surface area contributed by atoms with Gasteiger partial charge in [0.05, 0.1) is 12.1 Å². The largest absolute Gasteiger partial charge is 0.357 e.